The molecular weight excluding hydrogens is 860 g/mol. The molecule has 0 aromatic rings. The first-order valence-corrected chi connectivity index (χ1v) is 29.4. The molecule has 0 amide bonds. The molecule has 0 spiro atoms. The van der Waals surface area contributed by atoms with E-state index in [4.69, 9.17) is 18.5 Å². The van der Waals surface area contributed by atoms with Gasteiger partial charge >= 0.3 is 13.8 Å². The van der Waals surface area contributed by atoms with Crippen LogP contribution in [0.25, 0.3) is 0 Å². The molecule has 12 nitrogen and oxygen atoms in total. The summed E-state index contributed by atoms with van der Waals surface area (Å²) in [6.45, 7) is 4.33. The molecule has 6 N–H and O–H groups in total. The van der Waals surface area contributed by atoms with Crippen molar-refractivity contribution in [2.24, 2.45) is 0 Å². The molecule has 0 aromatic heterocycles. The van der Waals surface area contributed by atoms with E-state index in [1.807, 2.05) is 0 Å². The molecule has 6 unspecified atom stereocenters. The summed E-state index contributed by atoms with van der Waals surface area (Å²) in [4.78, 5) is 23.3. The van der Waals surface area contributed by atoms with Gasteiger partial charge in [0.25, 0.3) is 0 Å². The molecule has 1 aliphatic carbocycles. The maximum atomic E-state index is 12.9. The maximum Gasteiger partial charge on any atom is 0.472 e. The summed E-state index contributed by atoms with van der Waals surface area (Å²) >= 11 is 0. The number of phosphoric acid groups is 1. The highest BCUT2D eigenvalue weighted by Gasteiger charge is 2.51. The SMILES string of the molecule is CCCCCCCCCCCCCCCCCCCCCCCCCCOCC(COP(=O)(O)OC1C(O)C(O)C(O)C(O)C1O)OC(=O)CCCCCCCCCCCCCCCCC. The molecule has 1 fully saturated rings. The fourth-order valence-electron chi connectivity index (χ4n) is 9.07. The number of hydrogen-bond acceptors (Lipinski definition) is 11. The van der Waals surface area contributed by atoms with Gasteiger partial charge in [-0.3, -0.25) is 13.8 Å². The van der Waals surface area contributed by atoms with Crippen molar-refractivity contribution >= 4 is 13.8 Å². The number of ether oxygens (including phenoxy) is 2. The lowest BCUT2D eigenvalue weighted by Gasteiger charge is -2.41. The van der Waals surface area contributed by atoms with Crippen molar-refractivity contribution in [1.29, 1.82) is 0 Å². The summed E-state index contributed by atoms with van der Waals surface area (Å²) in [7, 11) is -5.02. The van der Waals surface area contributed by atoms with E-state index in [1.165, 1.54) is 205 Å². The summed E-state index contributed by atoms with van der Waals surface area (Å²) in [6.07, 6.45) is 37.5. The van der Waals surface area contributed by atoms with Gasteiger partial charge in [-0.05, 0) is 12.8 Å². The Kier molecular flexibility index (Phi) is 42.5. The average molecular weight is 965 g/mol. The van der Waals surface area contributed by atoms with E-state index in [2.05, 4.69) is 13.8 Å². The van der Waals surface area contributed by atoms with Crippen LogP contribution in [0.1, 0.15) is 271 Å². The standard InChI is InChI=1S/C53H105O12P/c1-3-5-7-9-11-13-15-17-19-20-21-22-23-24-25-26-27-29-31-33-35-37-39-41-43-62-44-46(45-63-66(60,61)65-53-51(58)49(56)48(55)50(57)52(53)59)64-47(54)42-40-38-36-34-32-30-28-18-16-14-12-10-8-6-4-2/h46,48-53,55-59H,3-45H2,1-2H3,(H,60,61). The van der Waals surface area contributed by atoms with E-state index in [1.54, 1.807) is 0 Å². The Bertz CT molecular complexity index is 1100. The first kappa shape index (κ1) is 63.4. The number of hydrogen-bond donors (Lipinski definition) is 6. The number of aliphatic hydroxyl groups excluding tert-OH is 5. The average Bonchev–Trinajstić information content (AvgIpc) is 3.30. The molecule has 0 bridgehead atoms. The number of carbonyl (C=O) groups excluding carboxylic acids is 1. The van der Waals surface area contributed by atoms with Crippen LogP contribution >= 0.6 is 7.82 Å². The van der Waals surface area contributed by atoms with E-state index in [9.17, 15) is 39.8 Å². The Labute approximate surface area is 404 Å². The molecule has 1 aliphatic rings. The molecule has 13 heteroatoms. The third kappa shape index (κ3) is 35.4. The van der Waals surface area contributed by atoms with Gasteiger partial charge < -0.3 is 39.9 Å². The smallest absolute Gasteiger partial charge is 0.457 e. The molecule has 1 rings (SSSR count). The molecular formula is C53H105O12P. The molecule has 66 heavy (non-hydrogen) atoms. The molecule has 0 aromatic carbocycles. The molecule has 1 saturated carbocycles. The van der Waals surface area contributed by atoms with Crippen LogP contribution in [-0.4, -0.2) is 98.9 Å². The van der Waals surface area contributed by atoms with E-state index in [-0.39, 0.29) is 13.0 Å². The lowest BCUT2D eigenvalue weighted by Crippen LogP contribution is -2.64. The number of rotatable bonds is 49. The number of carbonyl (C=O) groups is 1. The summed E-state index contributed by atoms with van der Waals surface area (Å²) < 4.78 is 34.4. The third-order valence-electron chi connectivity index (χ3n) is 13.5. The number of phosphoric ester groups is 1. The second-order valence-corrected chi connectivity index (χ2v) is 21.2. The van der Waals surface area contributed by atoms with Gasteiger partial charge in [-0.15, -0.1) is 0 Å². The first-order chi connectivity index (χ1) is 32.0. The minimum absolute atomic E-state index is 0.0672. The van der Waals surface area contributed by atoms with Gasteiger partial charge in [0, 0.05) is 13.0 Å². The molecule has 0 heterocycles. The normalized spacial score (nSPS) is 21.3. The largest absolute Gasteiger partial charge is 0.472 e. The van der Waals surface area contributed by atoms with Crippen molar-refractivity contribution in [2.45, 2.75) is 313 Å². The van der Waals surface area contributed by atoms with Crippen molar-refractivity contribution in [1.82, 2.24) is 0 Å². The van der Waals surface area contributed by atoms with Crippen molar-refractivity contribution in [3.63, 3.8) is 0 Å². The monoisotopic (exact) mass is 965 g/mol. The number of esters is 1. The highest BCUT2D eigenvalue weighted by Crippen LogP contribution is 2.47. The van der Waals surface area contributed by atoms with Crippen LogP contribution in [-0.2, 0) is 27.9 Å². The number of aliphatic hydroxyl groups is 5. The fraction of sp³-hybridized carbons (Fsp3) is 0.981. The van der Waals surface area contributed by atoms with Gasteiger partial charge in [0.1, 0.15) is 42.7 Å². The Morgan fingerprint density at radius 2 is 0.712 bits per heavy atom. The molecule has 394 valence electrons. The Hall–Kier alpha value is -0.660. The van der Waals surface area contributed by atoms with Gasteiger partial charge in [0.2, 0.25) is 0 Å². The second kappa shape index (κ2) is 44.3. The van der Waals surface area contributed by atoms with E-state index < -0.39 is 63.1 Å². The molecule has 6 atom stereocenters. The van der Waals surface area contributed by atoms with E-state index in [0.717, 1.165) is 38.5 Å². The van der Waals surface area contributed by atoms with Gasteiger partial charge in [0.15, 0.2) is 0 Å². The molecule has 0 saturated heterocycles. The first-order valence-electron chi connectivity index (χ1n) is 27.9. The van der Waals surface area contributed by atoms with Crippen molar-refractivity contribution < 1.29 is 58.3 Å². The maximum absolute atomic E-state index is 12.9. The van der Waals surface area contributed by atoms with Crippen molar-refractivity contribution in [3.8, 4) is 0 Å². The van der Waals surface area contributed by atoms with Gasteiger partial charge in [-0.25, -0.2) is 4.57 Å². The van der Waals surface area contributed by atoms with Crippen LogP contribution in [0.5, 0.6) is 0 Å². The zero-order valence-corrected chi connectivity index (χ0v) is 43.4. The minimum atomic E-state index is -5.02. The summed E-state index contributed by atoms with van der Waals surface area (Å²) in [5.41, 5.74) is 0. The van der Waals surface area contributed by atoms with Gasteiger partial charge in [0.05, 0.1) is 13.2 Å². The summed E-state index contributed by atoms with van der Waals surface area (Å²) in [5.74, 6) is -0.469. The van der Waals surface area contributed by atoms with Crippen LogP contribution in [0.2, 0.25) is 0 Å². The molecule has 0 radical (unpaired) electrons. The summed E-state index contributed by atoms with van der Waals surface area (Å²) in [6, 6.07) is 0. The number of unbranched alkanes of at least 4 members (excludes halogenated alkanes) is 37. The molecule has 0 aliphatic heterocycles. The highest BCUT2D eigenvalue weighted by molar-refractivity contribution is 7.47. The van der Waals surface area contributed by atoms with Crippen molar-refractivity contribution in [2.75, 3.05) is 19.8 Å². The fourth-order valence-corrected chi connectivity index (χ4v) is 10.0. The lowest BCUT2D eigenvalue weighted by atomic mass is 9.85. The van der Waals surface area contributed by atoms with Crippen LogP contribution in [0, 0.1) is 0 Å². The second-order valence-electron chi connectivity index (χ2n) is 19.8. The van der Waals surface area contributed by atoms with Crippen LogP contribution in [0.4, 0.5) is 0 Å². The van der Waals surface area contributed by atoms with Crippen LogP contribution in [0.3, 0.4) is 0 Å². The predicted octanol–water partition coefficient (Wildman–Crippen LogP) is 12.9. The Morgan fingerprint density at radius 1 is 0.424 bits per heavy atom. The lowest BCUT2D eigenvalue weighted by molar-refractivity contribution is -0.220. The zero-order chi connectivity index (χ0) is 48.4. The van der Waals surface area contributed by atoms with Gasteiger partial charge in [-0.2, -0.15) is 0 Å². The van der Waals surface area contributed by atoms with E-state index in [0.29, 0.717) is 13.0 Å². The van der Waals surface area contributed by atoms with Crippen molar-refractivity contribution in [3.05, 3.63) is 0 Å². The summed E-state index contributed by atoms with van der Waals surface area (Å²) in [5, 5.41) is 50.3. The predicted molar refractivity (Wildman–Crippen MR) is 267 cm³/mol. The zero-order valence-electron chi connectivity index (χ0n) is 42.5. The highest BCUT2D eigenvalue weighted by atomic mass is 31.2. The van der Waals surface area contributed by atoms with E-state index >= 15 is 0 Å². The topological polar surface area (TPSA) is 192 Å². The minimum Gasteiger partial charge on any atom is -0.457 e. The third-order valence-corrected chi connectivity index (χ3v) is 14.5. The quantitative estimate of drug-likeness (QED) is 0.0192. The van der Waals surface area contributed by atoms with Crippen LogP contribution < -0.4 is 0 Å². The Morgan fingerprint density at radius 3 is 1.05 bits per heavy atom. The van der Waals surface area contributed by atoms with Crippen LogP contribution in [0.15, 0.2) is 0 Å². The Balaban J connectivity index is 2.25. The van der Waals surface area contributed by atoms with Gasteiger partial charge in [-0.1, -0.05) is 251 Å².